The number of halogens is 3. The Morgan fingerprint density at radius 1 is 1.39 bits per heavy atom. The first-order valence-corrected chi connectivity index (χ1v) is 6.90. The second kappa shape index (κ2) is 5.19. The average Bonchev–Trinajstić information content (AvgIpc) is 2.17. The van der Waals surface area contributed by atoms with Gasteiger partial charge in [-0.25, -0.2) is 8.42 Å². The molecule has 0 aromatic heterocycles. The van der Waals surface area contributed by atoms with Gasteiger partial charge in [0.05, 0.1) is 0 Å². The zero-order chi connectivity index (χ0) is 14.1. The Balaban J connectivity index is 3.56. The number of rotatable bonds is 4. The molecule has 0 radical (unpaired) electrons. The minimum atomic E-state index is -3.76. The van der Waals surface area contributed by atoms with Gasteiger partial charge < -0.3 is 4.74 Å². The van der Waals surface area contributed by atoms with Crippen LogP contribution >= 0.6 is 11.6 Å². The predicted molar refractivity (Wildman–Crippen MR) is 61.1 cm³/mol. The van der Waals surface area contributed by atoms with Gasteiger partial charge in [-0.05, 0) is 30.7 Å². The number of hydrogen-bond acceptors (Lipinski definition) is 4. The summed E-state index contributed by atoms with van der Waals surface area (Å²) in [5, 5.41) is -0.883. The first-order chi connectivity index (χ1) is 8.14. The van der Waals surface area contributed by atoms with E-state index in [4.69, 9.17) is 11.6 Å². The molecule has 1 aromatic rings. The molecule has 0 bridgehead atoms. The molecule has 1 rings (SSSR count). The van der Waals surface area contributed by atoms with Crippen molar-refractivity contribution in [2.45, 2.75) is 18.4 Å². The molecular formula is C10H9ClF2O4S. The molecule has 0 fully saturated rings. The van der Waals surface area contributed by atoms with Crippen molar-refractivity contribution >= 4 is 26.7 Å². The van der Waals surface area contributed by atoms with Crippen molar-refractivity contribution in [2.24, 2.45) is 0 Å². The number of benzene rings is 1. The molecule has 0 aliphatic carbocycles. The molecule has 0 spiro atoms. The van der Waals surface area contributed by atoms with Crippen molar-refractivity contribution in [1.82, 2.24) is 0 Å². The molecule has 4 nitrogen and oxygen atoms in total. The summed E-state index contributed by atoms with van der Waals surface area (Å²) in [5.41, 5.74) is -0.127. The molecule has 0 saturated carbocycles. The van der Waals surface area contributed by atoms with E-state index < -0.39 is 32.3 Å². The van der Waals surface area contributed by atoms with Crippen LogP contribution in [0.25, 0.3) is 0 Å². The number of carbonyl (C=O) groups excluding carboxylic acids is 1. The minimum Gasteiger partial charge on any atom is -0.433 e. The zero-order valence-corrected chi connectivity index (χ0v) is 11.0. The van der Waals surface area contributed by atoms with Crippen LogP contribution in [0.1, 0.15) is 15.9 Å². The van der Waals surface area contributed by atoms with E-state index in [1.807, 2.05) is 0 Å². The summed E-state index contributed by atoms with van der Waals surface area (Å²) in [6.07, 6.45) is 0.849. The molecule has 18 heavy (non-hydrogen) atoms. The molecule has 0 atom stereocenters. The first kappa shape index (κ1) is 14.8. The lowest BCUT2D eigenvalue weighted by Crippen LogP contribution is -2.10. The maximum Gasteiger partial charge on any atom is 0.387 e. The summed E-state index contributed by atoms with van der Waals surface area (Å²) >= 11 is 5.25. The zero-order valence-electron chi connectivity index (χ0n) is 9.41. The predicted octanol–water partition coefficient (Wildman–Crippen LogP) is 2.38. The smallest absolute Gasteiger partial charge is 0.387 e. The Morgan fingerprint density at radius 2 is 1.94 bits per heavy atom. The molecule has 0 unspecified atom stereocenters. The van der Waals surface area contributed by atoms with Crippen molar-refractivity contribution < 1.29 is 26.7 Å². The van der Waals surface area contributed by atoms with Crippen LogP contribution in [-0.4, -0.2) is 26.5 Å². The van der Waals surface area contributed by atoms with Gasteiger partial charge in [0.15, 0.2) is 9.84 Å². The fourth-order valence-electron chi connectivity index (χ4n) is 1.41. The van der Waals surface area contributed by atoms with Crippen LogP contribution in [0, 0.1) is 6.92 Å². The quantitative estimate of drug-likeness (QED) is 0.801. The molecule has 100 valence electrons. The van der Waals surface area contributed by atoms with Crippen molar-refractivity contribution in [3.63, 3.8) is 0 Å². The monoisotopic (exact) mass is 298 g/mol. The van der Waals surface area contributed by atoms with Gasteiger partial charge in [-0.1, -0.05) is 0 Å². The van der Waals surface area contributed by atoms with Crippen LogP contribution in [0.5, 0.6) is 5.75 Å². The van der Waals surface area contributed by atoms with Gasteiger partial charge in [0.25, 0.3) is 5.24 Å². The maximum absolute atomic E-state index is 12.3. The standard InChI is InChI=1S/C10H9ClF2O4S/c1-5-6(9(11)14)3-4-7(18(2,15)16)8(5)17-10(12)13/h3-4,10H,1-2H3. The van der Waals surface area contributed by atoms with Gasteiger partial charge in [0.1, 0.15) is 10.6 Å². The molecule has 0 heterocycles. The van der Waals surface area contributed by atoms with E-state index in [0.29, 0.717) is 0 Å². The van der Waals surface area contributed by atoms with Crippen LogP contribution in [0.3, 0.4) is 0 Å². The van der Waals surface area contributed by atoms with Gasteiger partial charge in [0.2, 0.25) is 0 Å². The fourth-order valence-corrected chi connectivity index (χ4v) is 2.47. The summed E-state index contributed by atoms with van der Waals surface area (Å²) in [7, 11) is -3.76. The van der Waals surface area contributed by atoms with Crippen LogP contribution < -0.4 is 4.74 Å². The second-order valence-corrected chi connectivity index (χ2v) is 5.82. The van der Waals surface area contributed by atoms with Crippen LogP contribution in [0.2, 0.25) is 0 Å². The van der Waals surface area contributed by atoms with E-state index in [0.717, 1.165) is 18.4 Å². The normalized spacial score (nSPS) is 11.7. The summed E-state index contributed by atoms with van der Waals surface area (Å²) < 4.78 is 51.6. The molecule has 0 saturated heterocycles. The van der Waals surface area contributed by atoms with Gasteiger partial charge in [0, 0.05) is 17.4 Å². The lowest BCUT2D eigenvalue weighted by atomic mass is 10.1. The Kier molecular flexibility index (Phi) is 4.28. The summed E-state index contributed by atoms with van der Waals surface area (Å²) in [6, 6.07) is 2.16. The highest BCUT2D eigenvalue weighted by Crippen LogP contribution is 2.32. The SMILES string of the molecule is Cc1c(C(=O)Cl)ccc(S(C)(=O)=O)c1OC(F)F. The minimum absolute atomic E-state index is 0.0433. The average molecular weight is 299 g/mol. The number of ether oxygens (including phenoxy) is 1. The van der Waals surface area contributed by atoms with E-state index in [-0.39, 0.29) is 11.1 Å². The molecule has 0 N–H and O–H groups in total. The van der Waals surface area contributed by atoms with E-state index in [1.165, 1.54) is 6.92 Å². The largest absolute Gasteiger partial charge is 0.433 e. The van der Waals surface area contributed by atoms with Crippen LogP contribution in [0.4, 0.5) is 8.78 Å². The Labute approximate surface area is 107 Å². The van der Waals surface area contributed by atoms with Gasteiger partial charge in [-0.15, -0.1) is 0 Å². The third kappa shape index (κ3) is 3.17. The Bertz CT molecular complexity index is 584. The van der Waals surface area contributed by atoms with E-state index in [1.54, 1.807) is 0 Å². The van der Waals surface area contributed by atoms with Crippen molar-refractivity contribution in [1.29, 1.82) is 0 Å². The van der Waals surface area contributed by atoms with Crippen molar-refractivity contribution in [3.05, 3.63) is 23.3 Å². The van der Waals surface area contributed by atoms with Gasteiger partial charge in [-0.3, -0.25) is 4.79 Å². The highest BCUT2D eigenvalue weighted by Gasteiger charge is 2.23. The molecule has 0 amide bonds. The molecule has 8 heteroatoms. The summed E-state index contributed by atoms with van der Waals surface area (Å²) in [4.78, 5) is 10.6. The molecule has 1 aromatic carbocycles. The Hall–Kier alpha value is -1.21. The van der Waals surface area contributed by atoms with E-state index in [9.17, 15) is 22.0 Å². The first-order valence-electron chi connectivity index (χ1n) is 4.63. The summed E-state index contributed by atoms with van der Waals surface area (Å²) in [5.74, 6) is -0.556. The highest BCUT2D eigenvalue weighted by atomic mass is 35.5. The Morgan fingerprint density at radius 3 is 2.33 bits per heavy atom. The summed E-state index contributed by atoms with van der Waals surface area (Å²) in [6.45, 7) is -1.92. The lowest BCUT2D eigenvalue weighted by molar-refractivity contribution is -0.0522. The number of alkyl halides is 2. The number of hydrogen-bond donors (Lipinski definition) is 0. The maximum atomic E-state index is 12.3. The van der Waals surface area contributed by atoms with Gasteiger partial charge in [-0.2, -0.15) is 8.78 Å². The third-order valence-corrected chi connectivity index (χ3v) is 3.51. The number of carbonyl (C=O) groups is 1. The lowest BCUT2D eigenvalue weighted by Gasteiger charge is -2.14. The van der Waals surface area contributed by atoms with Crippen molar-refractivity contribution in [2.75, 3.05) is 6.26 Å². The van der Waals surface area contributed by atoms with E-state index in [2.05, 4.69) is 4.74 Å². The number of sulfone groups is 1. The fraction of sp³-hybridized carbons (Fsp3) is 0.300. The topological polar surface area (TPSA) is 60.4 Å². The van der Waals surface area contributed by atoms with Crippen LogP contribution in [0.15, 0.2) is 17.0 Å². The van der Waals surface area contributed by atoms with Crippen LogP contribution in [-0.2, 0) is 9.84 Å². The molecule has 0 aliphatic rings. The van der Waals surface area contributed by atoms with E-state index >= 15 is 0 Å². The third-order valence-electron chi connectivity index (χ3n) is 2.19. The highest BCUT2D eigenvalue weighted by molar-refractivity contribution is 7.90. The van der Waals surface area contributed by atoms with Crippen molar-refractivity contribution in [3.8, 4) is 5.75 Å². The van der Waals surface area contributed by atoms with Gasteiger partial charge >= 0.3 is 6.61 Å². The molecular weight excluding hydrogens is 290 g/mol. The second-order valence-electron chi connectivity index (χ2n) is 3.49. The molecule has 0 aliphatic heterocycles.